The second kappa shape index (κ2) is 9.20. The molecule has 2 aromatic rings. The summed E-state index contributed by atoms with van der Waals surface area (Å²) in [6.45, 7) is 0.996. The standard InChI is InChI=1S/C21H28N2O3S2/c1-28(25,26)23-15-12-18-10-11-19(27-18)20(24)22-16-21(13-6-3-7-14-21)17-8-4-2-5-9-17/h2,4-5,8-11,23H,3,6-7,12-16H2,1H3,(H,22,24). The topological polar surface area (TPSA) is 75.3 Å². The zero-order chi connectivity index (χ0) is 20.0. The van der Waals surface area contributed by atoms with Gasteiger partial charge >= 0.3 is 0 Å². The monoisotopic (exact) mass is 420 g/mol. The summed E-state index contributed by atoms with van der Waals surface area (Å²) < 4.78 is 24.8. The second-order valence-electron chi connectivity index (χ2n) is 7.57. The van der Waals surface area contributed by atoms with Crippen LogP contribution in [0.1, 0.15) is 52.2 Å². The first-order valence-corrected chi connectivity index (χ1v) is 12.5. The van der Waals surface area contributed by atoms with Crippen molar-refractivity contribution in [3.8, 4) is 0 Å². The Hall–Kier alpha value is -1.70. The third-order valence-corrected chi connectivity index (χ3v) is 7.28. The Morgan fingerprint density at radius 3 is 2.46 bits per heavy atom. The Morgan fingerprint density at radius 2 is 1.79 bits per heavy atom. The molecule has 1 heterocycles. The predicted octanol–water partition coefficient (Wildman–Crippen LogP) is 3.47. The lowest BCUT2D eigenvalue weighted by Gasteiger charge is -2.38. The molecule has 0 aliphatic heterocycles. The molecular weight excluding hydrogens is 392 g/mol. The minimum absolute atomic E-state index is 0.0225. The highest BCUT2D eigenvalue weighted by molar-refractivity contribution is 7.88. The maximum Gasteiger partial charge on any atom is 0.261 e. The third kappa shape index (κ3) is 5.65. The molecule has 0 bridgehead atoms. The lowest BCUT2D eigenvalue weighted by molar-refractivity contribution is 0.0940. The lowest BCUT2D eigenvalue weighted by Crippen LogP contribution is -2.42. The molecule has 5 nitrogen and oxygen atoms in total. The van der Waals surface area contributed by atoms with Crippen LogP contribution in [0.3, 0.4) is 0 Å². The molecule has 1 fully saturated rings. The molecule has 0 spiro atoms. The van der Waals surface area contributed by atoms with Gasteiger partial charge in [0.25, 0.3) is 5.91 Å². The molecule has 1 aliphatic rings. The summed E-state index contributed by atoms with van der Waals surface area (Å²) in [7, 11) is -3.18. The number of carbonyl (C=O) groups is 1. The highest BCUT2D eigenvalue weighted by Crippen LogP contribution is 2.39. The average molecular weight is 421 g/mol. The van der Waals surface area contributed by atoms with Crippen LogP contribution in [0, 0.1) is 0 Å². The Bertz CT molecular complexity index is 885. The lowest BCUT2D eigenvalue weighted by atomic mass is 9.69. The van der Waals surface area contributed by atoms with E-state index < -0.39 is 10.0 Å². The predicted molar refractivity (Wildman–Crippen MR) is 114 cm³/mol. The van der Waals surface area contributed by atoms with Crippen molar-refractivity contribution in [1.29, 1.82) is 0 Å². The summed E-state index contributed by atoms with van der Waals surface area (Å²) >= 11 is 1.43. The van der Waals surface area contributed by atoms with Gasteiger partial charge in [0.2, 0.25) is 10.0 Å². The number of rotatable bonds is 8. The molecule has 0 saturated heterocycles. The summed E-state index contributed by atoms with van der Waals surface area (Å²) in [5.41, 5.74) is 1.34. The zero-order valence-corrected chi connectivity index (χ0v) is 17.9. The van der Waals surface area contributed by atoms with Gasteiger partial charge in [-0.25, -0.2) is 13.1 Å². The highest BCUT2D eigenvalue weighted by atomic mass is 32.2. The molecule has 1 aromatic heterocycles. The van der Waals surface area contributed by atoms with Gasteiger partial charge in [-0.15, -0.1) is 11.3 Å². The molecule has 152 valence electrons. The quantitative estimate of drug-likeness (QED) is 0.687. The summed E-state index contributed by atoms with van der Waals surface area (Å²) in [6.07, 6.45) is 7.59. The number of benzene rings is 1. The first kappa shape index (κ1) is 21.0. The third-order valence-electron chi connectivity index (χ3n) is 5.41. The molecule has 7 heteroatoms. The normalized spacial score (nSPS) is 16.6. The first-order valence-electron chi connectivity index (χ1n) is 9.75. The van der Waals surface area contributed by atoms with Crippen molar-refractivity contribution in [2.75, 3.05) is 19.3 Å². The molecule has 1 amide bonds. The van der Waals surface area contributed by atoms with Gasteiger partial charge in [0.1, 0.15) is 0 Å². The van der Waals surface area contributed by atoms with Gasteiger partial charge in [-0.1, -0.05) is 49.6 Å². The zero-order valence-electron chi connectivity index (χ0n) is 16.2. The summed E-state index contributed by atoms with van der Waals surface area (Å²) in [4.78, 5) is 14.4. The van der Waals surface area contributed by atoms with Crippen LogP contribution in [-0.2, 0) is 21.9 Å². The van der Waals surface area contributed by atoms with E-state index in [-0.39, 0.29) is 11.3 Å². The minimum Gasteiger partial charge on any atom is -0.350 e. The van der Waals surface area contributed by atoms with E-state index in [4.69, 9.17) is 0 Å². The number of sulfonamides is 1. The number of hydrogen-bond donors (Lipinski definition) is 2. The Balaban J connectivity index is 1.61. The van der Waals surface area contributed by atoms with Gasteiger partial charge in [-0.3, -0.25) is 4.79 Å². The fourth-order valence-electron chi connectivity index (χ4n) is 3.92. The van der Waals surface area contributed by atoms with E-state index in [1.807, 2.05) is 18.2 Å². The number of amides is 1. The first-order chi connectivity index (χ1) is 13.4. The number of nitrogens with one attached hydrogen (secondary N) is 2. The van der Waals surface area contributed by atoms with Crippen molar-refractivity contribution in [3.05, 3.63) is 57.8 Å². The van der Waals surface area contributed by atoms with Crippen molar-refractivity contribution < 1.29 is 13.2 Å². The van der Waals surface area contributed by atoms with Gasteiger partial charge in [0, 0.05) is 23.4 Å². The smallest absolute Gasteiger partial charge is 0.261 e. The van der Waals surface area contributed by atoms with Crippen LogP contribution >= 0.6 is 11.3 Å². The Morgan fingerprint density at radius 1 is 1.07 bits per heavy atom. The van der Waals surface area contributed by atoms with Crippen molar-refractivity contribution >= 4 is 27.3 Å². The maximum atomic E-state index is 12.7. The molecule has 0 atom stereocenters. The van der Waals surface area contributed by atoms with E-state index >= 15 is 0 Å². The van der Waals surface area contributed by atoms with E-state index in [1.165, 1.54) is 36.2 Å². The minimum atomic E-state index is -3.18. The van der Waals surface area contributed by atoms with Crippen molar-refractivity contribution in [2.24, 2.45) is 0 Å². The molecule has 1 saturated carbocycles. The van der Waals surface area contributed by atoms with Gasteiger partial charge in [0.05, 0.1) is 11.1 Å². The molecule has 2 N–H and O–H groups in total. The molecule has 0 unspecified atom stereocenters. The molecule has 1 aliphatic carbocycles. The number of carbonyl (C=O) groups excluding carboxylic acids is 1. The largest absolute Gasteiger partial charge is 0.350 e. The van der Waals surface area contributed by atoms with Crippen LogP contribution in [0.15, 0.2) is 42.5 Å². The highest BCUT2D eigenvalue weighted by Gasteiger charge is 2.34. The van der Waals surface area contributed by atoms with Crippen LogP contribution < -0.4 is 10.0 Å². The van der Waals surface area contributed by atoms with Crippen LogP contribution in [0.5, 0.6) is 0 Å². The fourth-order valence-corrected chi connectivity index (χ4v) is 5.31. The Kier molecular flexibility index (Phi) is 6.91. The second-order valence-corrected chi connectivity index (χ2v) is 10.6. The summed E-state index contributed by atoms with van der Waals surface area (Å²) in [5, 5.41) is 3.16. The van der Waals surface area contributed by atoms with Crippen LogP contribution in [0.4, 0.5) is 0 Å². The van der Waals surface area contributed by atoms with Crippen molar-refractivity contribution in [2.45, 2.75) is 43.9 Å². The van der Waals surface area contributed by atoms with E-state index in [0.29, 0.717) is 24.4 Å². The van der Waals surface area contributed by atoms with Crippen LogP contribution in [0.2, 0.25) is 0 Å². The molecule has 3 rings (SSSR count). The van der Waals surface area contributed by atoms with Crippen molar-refractivity contribution in [3.63, 3.8) is 0 Å². The van der Waals surface area contributed by atoms with Crippen LogP contribution in [0.25, 0.3) is 0 Å². The van der Waals surface area contributed by atoms with E-state index in [2.05, 4.69) is 34.3 Å². The Labute approximate surface area is 171 Å². The fraction of sp³-hybridized carbons (Fsp3) is 0.476. The van der Waals surface area contributed by atoms with Crippen LogP contribution in [-0.4, -0.2) is 33.7 Å². The summed E-state index contributed by atoms with van der Waals surface area (Å²) in [6, 6.07) is 14.3. The molecule has 1 aromatic carbocycles. The van der Waals surface area contributed by atoms with Gasteiger partial charge in [-0.05, 0) is 37.0 Å². The van der Waals surface area contributed by atoms with E-state index in [1.54, 1.807) is 0 Å². The number of thiophene rings is 1. The number of hydrogen-bond acceptors (Lipinski definition) is 4. The summed E-state index contributed by atoms with van der Waals surface area (Å²) in [5.74, 6) is -0.0480. The van der Waals surface area contributed by atoms with E-state index in [0.717, 1.165) is 24.0 Å². The van der Waals surface area contributed by atoms with Gasteiger partial charge in [-0.2, -0.15) is 0 Å². The average Bonchev–Trinajstić information content (AvgIpc) is 3.15. The molecule has 28 heavy (non-hydrogen) atoms. The molecule has 0 radical (unpaired) electrons. The van der Waals surface area contributed by atoms with Gasteiger partial charge < -0.3 is 5.32 Å². The molecular formula is C21H28N2O3S2. The SMILES string of the molecule is CS(=O)(=O)NCCc1ccc(C(=O)NCC2(c3ccccc3)CCCCC2)s1. The van der Waals surface area contributed by atoms with Gasteiger partial charge in [0.15, 0.2) is 0 Å². The van der Waals surface area contributed by atoms with E-state index in [9.17, 15) is 13.2 Å². The van der Waals surface area contributed by atoms with Crippen molar-refractivity contribution in [1.82, 2.24) is 10.0 Å². The maximum absolute atomic E-state index is 12.7.